The Morgan fingerprint density at radius 2 is 2.00 bits per heavy atom. The molecule has 0 aromatic carbocycles. The van der Waals surface area contributed by atoms with Crippen LogP contribution in [0.3, 0.4) is 0 Å². The molecule has 0 amide bonds. The van der Waals surface area contributed by atoms with Gasteiger partial charge in [0.25, 0.3) is 0 Å². The van der Waals surface area contributed by atoms with Crippen molar-refractivity contribution in [1.29, 1.82) is 0 Å². The van der Waals surface area contributed by atoms with Crippen LogP contribution in [-0.2, 0) is 0 Å². The summed E-state index contributed by atoms with van der Waals surface area (Å²) in [5.41, 5.74) is 0. The van der Waals surface area contributed by atoms with Gasteiger partial charge in [-0.05, 0) is 57.6 Å². The van der Waals surface area contributed by atoms with Gasteiger partial charge < -0.3 is 20.0 Å². The van der Waals surface area contributed by atoms with Crippen LogP contribution >= 0.6 is 24.0 Å². The van der Waals surface area contributed by atoms with Crippen LogP contribution in [0.4, 0.5) is 0 Å². The fraction of sp³-hybridized carbons (Fsp3) is 0.750. The highest BCUT2D eigenvalue weighted by Crippen LogP contribution is 2.24. The van der Waals surface area contributed by atoms with Crippen LogP contribution in [0.25, 0.3) is 0 Å². The number of piperidine rings is 1. The summed E-state index contributed by atoms with van der Waals surface area (Å²) in [6.45, 7) is 11.7. The van der Waals surface area contributed by atoms with Crippen LogP contribution in [0.2, 0.25) is 0 Å². The van der Waals surface area contributed by atoms with Gasteiger partial charge >= 0.3 is 0 Å². The van der Waals surface area contributed by atoms with Gasteiger partial charge in [0, 0.05) is 26.7 Å². The number of hydrogen-bond donors (Lipinski definition) is 2. The number of likely N-dealkylation sites (N-methyl/N-ethyl adjacent to an activating group) is 1. The van der Waals surface area contributed by atoms with E-state index in [1.165, 1.54) is 25.7 Å². The lowest BCUT2D eigenvalue weighted by atomic mass is 10.1. The topological polar surface area (TPSA) is 56.0 Å². The Labute approximate surface area is 182 Å². The zero-order valence-corrected chi connectivity index (χ0v) is 19.6. The predicted octanol–water partition coefficient (Wildman–Crippen LogP) is 3.32. The van der Waals surface area contributed by atoms with Crippen molar-refractivity contribution in [2.24, 2.45) is 4.99 Å². The van der Waals surface area contributed by atoms with E-state index < -0.39 is 0 Å². The molecule has 1 atom stereocenters. The quantitative estimate of drug-likeness (QED) is 0.299. The molecule has 1 unspecified atom stereocenters. The summed E-state index contributed by atoms with van der Waals surface area (Å²) in [6, 6.07) is 4.32. The molecule has 0 spiro atoms. The highest BCUT2D eigenvalue weighted by molar-refractivity contribution is 14.0. The van der Waals surface area contributed by atoms with Crippen molar-refractivity contribution in [3.63, 3.8) is 0 Å². The fourth-order valence-corrected chi connectivity index (χ4v) is 3.61. The number of nitrogens with zero attached hydrogens (tertiary/aromatic N) is 3. The molecule has 6 nitrogen and oxygen atoms in total. The first-order valence-electron chi connectivity index (χ1n) is 10.2. The molecule has 2 N–H and O–H groups in total. The van der Waals surface area contributed by atoms with Gasteiger partial charge in [0.15, 0.2) is 5.96 Å². The summed E-state index contributed by atoms with van der Waals surface area (Å²) >= 11 is 0. The number of hydrogen-bond acceptors (Lipinski definition) is 4. The standard InChI is InChI=1S/C20H37N5O.HI/c1-4-12-24(5-2)15-11-22-20(21-3)23-17-18(19-10-9-16-26-19)25-13-7-6-8-14-25;/h9-10,16,18H,4-8,11-15,17H2,1-3H3,(H2,21,22,23);1H. The molecule has 156 valence electrons. The van der Waals surface area contributed by atoms with E-state index in [-0.39, 0.29) is 30.0 Å². The lowest BCUT2D eigenvalue weighted by Gasteiger charge is -2.33. The van der Waals surface area contributed by atoms with Crippen molar-refractivity contribution < 1.29 is 4.42 Å². The second-order valence-corrected chi connectivity index (χ2v) is 6.94. The molecule has 0 saturated carbocycles. The normalized spacial score (nSPS) is 16.8. The van der Waals surface area contributed by atoms with Crippen LogP contribution in [0.5, 0.6) is 0 Å². The van der Waals surface area contributed by atoms with Crippen molar-refractivity contribution in [3.05, 3.63) is 24.2 Å². The van der Waals surface area contributed by atoms with Gasteiger partial charge in [0.05, 0.1) is 12.3 Å². The Hall–Kier alpha value is -0.800. The number of halogens is 1. The highest BCUT2D eigenvalue weighted by atomic mass is 127. The van der Waals surface area contributed by atoms with Crippen LogP contribution < -0.4 is 10.6 Å². The van der Waals surface area contributed by atoms with Gasteiger partial charge in [0.2, 0.25) is 0 Å². The Morgan fingerprint density at radius 3 is 2.59 bits per heavy atom. The molecule has 2 rings (SSSR count). The zero-order chi connectivity index (χ0) is 18.6. The minimum Gasteiger partial charge on any atom is -0.468 e. The minimum absolute atomic E-state index is 0. The van der Waals surface area contributed by atoms with Crippen LogP contribution in [0.15, 0.2) is 27.8 Å². The average Bonchev–Trinajstić information content (AvgIpc) is 3.21. The van der Waals surface area contributed by atoms with E-state index in [4.69, 9.17) is 4.42 Å². The molecule has 1 fully saturated rings. The van der Waals surface area contributed by atoms with Gasteiger partial charge in [-0.3, -0.25) is 9.89 Å². The number of aliphatic imine (C=N–C) groups is 1. The van der Waals surface area contributed by atoms with Gasteiger partial charge in [-0.15, -0.1) is 24.0 Å². The summed E-state index contributed by atoms with van der Waals surface area (Å²) in [5, 5.41) is 6.94. The number of guanidine groups is 1. The van der Waals surface area contributed by atoms with E-state index in [2.05, 4.69) is 45.3 Å². The monoisotopic (exact) mass is 491 g/mol. The molecular formula is C20H38IN5O. The second-order valence-electron chi connectivity index (χ2n) is 6.94. The Balaban J connectivity index is 0.00000364. The summed E-state index contributed by atoms with van der Waals surface area (Å²) in [6.07, 6.45) is 6.85. The molecule has 7 heteroatoms. The average molecular weight is 491 g/mol. The Kier molecular flexibility index (Phi) is 12.8. The van der Waals surface area contributed by atoms with Crippen molar-refractivity contribution in [3.8, 4) is 0 Å². The Morgan fingerprint density at radius 1 is 1.22 bits per heavy atom. The first-order valence-corrected chi connectivity index (χ1v) is 10.2. The maximum absolute atomic E-state index is 5.72. The molecule has 0 radical (unpaired) electrons. The number of furan rings is 1. The van der Waals surface area contributed by atoms with E-state index in [0.717, 1.165) is 57.5 Å². The number of likely N-dealkylation sites (tertiary alicyclic amines) is 1. The van der Waals surface area contributed by atoms with Crippen molar-refractivity contribution in [1.82, 2.24) is 20.4 Å². The predicted molar refractivity (Wildman–Crippen MR) is 124 cm³/mol. The SMILES string of the molecule is CCCN(CC)CCNC(=NC)NCC(c1ccco1)N1CCCCC1.I. The van der Waals surface area contributed by atoms with Gasteiger partial charge in [0.1, 0.15) is 5.76 Å². The third-order valence-corrected chi connectivity index (χ3v) is 5.10. The van der Waals surface area contributed by atoms with Gasteiger partial charge in [-0.25, -0.2) is 0 Å². The van der Waals surface area contributed by atoms with Crippen molar-refractivity contribution >= 4 is 29.9 Å². The first-order chi connectivity index (χ1) is 12.8. The molecule has 1 aromatic heterocycles. The summed E-state index contributed by atoms with van der Waals surface area (Å²) in [7, 11) is 1.84. The minimum atomic E-state index is 0. The molecule has 1 aliphatic rings. The van der Waals surface area contributed by atoms with E-state index in [0.29, 0.717) is 0 Å². The Bertz CT molecular complexity index is 502. The molecule has 0 bridgehead atoms. The van der Waals surface area contributed by atoms with E-state index >= 15 is 0 Å². The largest absolute Gasteiger partial charge is 0.468 e. The lowest BCUT2D eigenvalue weighted by molar-refractivity contribution is 0.146. The van der Waals surface area contributed by atoms with Crippen LogP contribution in [0, 0.1) is 0 Å². The third-order valence-electron chi connectivity index (χ3n) is 5.10. The third kappa shape index (κ3) is 8.39. The second kappa shape index (κ2) is 14.2. The molecule has 0 aliphatic carbocycles. The molecule has 1 aromatic rings. The van der Waals surface area contributed by atoms with Crippen LogP contribution in [-0.4, -0.2) is 68.6 Å². The van der Waals surface area contributed by atoms with E-state index in [9.17, 15) is 0 Å². The molecule has 1 aliphatic heterocycles. The van der Waals surface area contributed by atoms with Crippen LogP contribution in [0.1, 0.15) is 51.3 Å². The van der Waals surface area contributed by atoms with Crippen molar-refractivity contribution in [2.45, 2.75) is 45.6 Å². The van der Waals surface area contributed by atoms with Gasteiger partial charge in [-0.2, -0.15) is 0 Å². The summed E-state index contributed by atoms with van der Waals surface area (Å²) in [5.74, 6) is 1.90. The smallest absolute Gasteiger partial charge is 0.191 e. The zero-order valence-electron chi connectivity index (χ0n) is 17.2. The lowest BCUT2D eigenvalue weighted by Crippen LogP contribution is -2.46. The maximum Gasteiger partial charge on any atom is 0.191 e. The maximum atomic E-state index is 5.72. The van der Waals surface area contributed by atoms with E-state index in [1.54, 1.807) is 6.26 Å². The molecular weight excluding hydrogens is 453 g/mol. The molecule has 27 heavy (non-hydrogen) atoms. The fourth-order valence-electron chi connectivity index (χ4n) is 3.61. The van der Waals surface area contributed by atoms with E-state index in [1.807, 2.05) is 13.1 Å². The highest BCUT2D eigenvalue weighted by Gasteiger charge is 2.24. The first kappa shape index (κ1) is 24.2. The number of rotatable bonds is 10. The molecule has 1 saturated heterocycles. The van der Waals surface area contributed by atoms with Crippen molar-refractivity contribution in [2.75, 3.05) is 52.9 Å². The summed E-state index contributed by atoms with van der Waals surface area (Å²) in [4.78, 5) is 9.37. The summed E-state index contributed by atoms with van der Waals surface area (Å²) < 4.78 is 5.72. The molecule has 2 heterocycles. The van der Waals surface area contributed by atoms with Gasteiger partial charge in [-0.1, -0.05) is 20.3 Å². The number of nitrogens with one attached hydrogen (secondary N) is 2.